The molecule has 0 fully saturated rings. The molecule has 0 atom stereocenters. The lowest BCUT2D eigenvalue weighted by molar-refractivity contribution is 0.180. The van der Waals surface area contributed by atoms with Crippen molar-refractivity contribution in [2.75, 3.05) is 40.4 Å². The van der Waals surface area contributed by atoms with Crippen molar-refractivity contribution in [2.24, 2.45) is 12.0 Å². The highest BCUT2D eigenvalue weighted by molar-refractivity contribution is 14.0. The monoisotopic (exact) mass is 521 g/mol. The molecule has 8 nitrogen and oxygen atoms in total. The van der Waals surface area contributed by atoms with Crippen molar-refractivity contribution in [3.63, 3.8) is 0 Å². The van der Waals surface area contributed by atoms with Crippen LogP contribution in [0.15, 0.2) is 22.5 Å². The third kappa shape index (κ3) is 8.84. The molecule has 0 unspecified atom stereocenters. The minimum atomic E-state index is 0. The molecule has 2 rings (SSSR count). The van der Waals surface area contributed by atoms with Gasteiger partial charge >= 0.3 is 0 Å². The first-order chi connectivity index (χ1) is 13.1. The number of nitrogens with zero attached hydrogens (tertiary/aromatic N) is 5. The summed E-state index contributed by atoms with van der Waals surface area (Å²) >= 11 is 1.73. The third-order valence-corrected chi connectivity index (χ3v) is 5.12. The molecule has 0 aliphatic carbocycles. The Bertz CT molecular complexity index is 690. The van der Waals surface area contributed by atoms with Crippen LogP contribution in [-0.4, -0.2) is 66.0 Å². The van der Waals surface area contributed by atoms with Gasteiger partial charge in [0.1, 0.15) is 12.4 Å². The highest BCUT2D eigenvalue weighted by Gasteiger charge is 2.06. The van der Waals surface area contributed by atoms with Crippen LogP contribution in [0.2, 0.25) is 0 Å². The molecule has 0 aromatic carbocycles. The van der Waals surface area contributed by atoms with Gasteiger partial charge in [0.05, 0.1) is 6.54 Å². The SMILES string of the molecule is COCCCN(C)CCNC(=NCc1nnc(C)n1C)NCc1cccs1.I. The van der Waals surface area contributed by atoms with Gasteiger partial charge in [-0.15, -0.1) is 45.5 Å². The summed E-state index contributed by atoms with van der Waals surface area (Å²) in [6.07, 6.45) is 1.04. The van der Waals surface area contributed by atoms with E-state index in [1.54, 1.807) is 18.4 Å². The summed E-state index contributed by atoms with van der Waals surface area (Å²) in [4.78, 5) is 8.24. The van der Waals surface area contributed by atoms with Gasteiger partial charge in [0, 0.05) is 45.3 Å². The Labute approximate surface area is 188 Å². The number of guanidine groups is 1. The van der Waals surface area contributed by atoms with Crippen LogP contribution < -0.4 is 10.6 Å². The number of aliphatic imine (C=N–C) groups is 1. The Morgan fingerprint density at radius 1 is 1.32 bits per heavy atom. The maximum Gasteiger partial charge on any atom is 0.192 e. The van der Waals surface area contributed by atoms with Crippen LogP contribution in [0, 0.1) is 6.92 Å². The van der Waals surface area contributed by atoms with E-state index in [0.29, 0.717) is 6.54 Å². The first kappa shape index (κ1) is 24.8. The maximum atomic E-state index is 5.10. The van der Waals surface area contributed by atoms with Crippen LogP contribution in [-0.2, 0) is 24.9 Å². The zero-order chi connectivity index (χ0) is 19.5. The van der Waals surface area contributed by atoms with Crippen molar-refractivity contribution in [2.45, 2.75) is 26.4 Å². The van der Waals surface area contributed by atoms with Gasteiger partial charge in [-0.3, -0.25) is 0 Å². The number of thiophene rings is 1. The molecule has 2 aromatic heterocycles. The van der Waals surface area contributed by atoms with Crippen LogP contribution >= 0.6 is 35.3 Å². The molecule has 0 saturated heterocycles. The predicted octanol–water partition coefficient (Wildman–Crippen LogP) is 2.01. The van der Waals surface area contributed by atoms with Crippen LogP contribution in [0.3, 0.4) is 0 Å². The molecule has 2 N–H and O–H groups in total. The number of likely N-dealkylation sites (N-methyl/N-ethyl adjacent to an activating group) is 1. The normalized spacial score (nSPS) is 11.5. The summed E-state index contributed by atoms with van der Waals surface area (Å²) in [6, 6.07) is 4.17. The average Bonchev–Trinajstić information content (AvgIpc) is 3.28. The summed E-state index contributed by atoms with van der Waals surface area (Å²) in [5.74, 6) is 2.52. The Kier molecular flexibility index (Phi) is 12.3. The molecule has 0 saturated carbocycles. The van der Waals surface area contributed by atoms with E-state index in [1.165, 1.54) is 4.88 Å². The van der Waals surface area contributed by atoms with Crippen molar-refractivity contribution in [1.29, 1.82) is 0 Å². The fraction of sp³-hybridized carbons (Fsp3) is 0.611. The fourth-order valence-electron chi connectivity index (χ4n) is 2.45. The van der Waals surface area contributed by atoms with Gasteiger partial charge in [0.2, 0.25) is 0 Å². The van der Waals surface area contributed by atoms with Gasteiger partial charge in [-0.05, 0) is 31.8 Å². The van der Waals surface area contributed by atoms with Crippen LogP contribution in [0.1, 0.15) is 22.9 Å². The van der Waals surface area contributed by atoms with Crippen LogP contribution in [0.5, 0.6) is 0 Å². The largest absolute Gasteiger partial charge is 0.385 e. The molecule has 0 spiro atoms. The number of methoxy groups -OCH3 is 1. The Morgan fingerprint density at radius 2 is 2.14 bits per heavy atom. The summed E-state index contributed by atoms with van der Waals surface area (Å²) in [5.41, 5.74) is 0. The number of hydrogen-bond acceptors (Lipinski definition) is 6. The van der Waals surface area contributed by atoms with Gasteiger partial charge in [-0.25, -0.2) is 4.99 Å². The van der Waals surface area contributed by atoms with Crippen molar-refractivity contribution >= 4 is 41.3 Å². The minimum Gasteiger partial charge on any atom is -0.385 e. The van der Waals surface area contributed by atoms with Gasteiger partial charge in [-0.2, -0.15) is 0 Å². The number of ether oxygens (including phenoxy) is 1. The zero-order valence-electron chi connectivity index (χ0n) is 17.1. The van der Waals surface area contributed by atoms with Gasteiger partial charge < -0.3 is 24.8 Å². The van der Waals surface area contributed by atoms with Gasteiger partial charge in [-0.1, -0.05) is 6.07 Å². The number of aromatic nitrogens is 3. The molecule has 2 aromatic rings. The molecular formula is C18H32IN7OS. The molecule has 0 radical (unpaired) electrons. The Balaban J connectivity index is 0.00000392. The Hall–Kier alpha value is -1.24. The summed E-state index contributed by atoms with van der Waals surface area (Å²) in [5, 5.41) is 17.2. The minimum absolute atomic E-state index is 0. The molecular weight excluding hydrogens is 489 g/mol. The number of rotatable bonds is 11. The number of aryl methyl sites for hydroxylation is 1. The van der Waals surface area contributed by atoms with Gasteiger partial charge in [0.25, 0.3) is 0 Å². The number of nitrogens with one attached hydrogen (secondary N) is 2. The third-order valence-electron chi connectivity index (χ3n) is 4.25. The van der Waals surface area contributed by atoms with Crippen LogP contribution in [0.4, 0.5) is 0 Å². The number of hydrogen-bond donors (Lipinski definition) is 2. The van der Waals surface area contributed by atoms with Crippen LogP contribution in [0.25, 0.3) is 0 Å². The van der Waals surface area contributed by atoms with E-state index < -0.39 is 0 Å². The van der Waals surface area contributed by atoms with Crippen molar-refractivity contribution < 1.29 is 4.74 Å². The molecule has 0 amide bonds. The first-order valence-electron chi connectivity index (χ1n) is 9.17. The lowest BCUT2D eigenvalue weighted by Gasteiger charge is -2.18. The lowest BCUT2D eigenvalue weighted by Crippen LogP contribution is -2.41. The summed E-state index contributed by atoms with van der Waals surface area (Å²) in [6.45, 7) is 6.75. The standard InChI is InChI=1S/C18H31N7OS.HI/c1-15-22-23-17(25(15)3)14-21-18(20-13-16-7-5-12-27-16)19-8-10-24(2)9-6-11-26-4;/h5,7,12H,6,8-11,13-14H2,1-4H3,(H2,19,20,21);1H. The lowest BCUT2D eigenvalue weighted by atomic mass is 10.4. The molecule has 0 aliphatic heterocycles. The van der Waals surface area contributed by atoms with Crippen molar-refractivity contribution in [3.05, 3.63) is 34.0 Å². The van der Waals surface area contributed by atoms with E-state index in [0.717, 1.165) is 56.8 Å². The van der Waals surface area contributed by atoms with E-state index in [4.69, 9.17) is 4.74 Å². The second-order valence-corrected chi connectivity index (χ2v) is 7.43. The van der Waals surface area contributed by atoms with E-state index in [9.17, 15) is 0 Å². The fourth-order valence-corrected chi connectivity index (χ4v) is 3.10. The highest BCUT2D eigenvalue weighted by Crippen LogP contribution is 2.07. The number of halogens is 1. The smallest absolute Gasteiger partial charge is 0.192 e. The second-order valence-electron chi connectivity index (χ2n) is 6.40. The molecule has 10 heteroatoms. The predicted molar refractivity (Wildman–Crippen MR) is 125 cm³/mol. The maximum absolute atomic E-state index is 5.10. The molecule has 28 heavy (non-hydrogen) atoms. The second kappa shape index (κ2) is 13.9. The molecule has 0 aliphatic rings. The van der Waals surface area contributed by atoms with Crippen molar-refractivity contribution in [3.8, 4) is 0 Å². The van der Waals surface area contributed by atoms with E-state index in [1.807, 2.05) is 18.5 Å². The van der Waals surface area contributed by atoms with Gasteiger partial charge in [0.15, 0.2) is 11.8 Å². The van der Waals surface area contributed by atoms with Crippen molar-refractivity contribution in [1.82, 2.24) is 30.3 Å². The van der Waals surface area contributed by atoms with E-state index in [2.05, 4.69) is 55.3 Å². The Morgan fingerprint density at radius 3 is 2.79 bits per heavy atom. The average molecular weight is 521 g/mol. The zero-order valence-corrected chi connectivity index (χ0v) is 20.3. The first-order valence-corrected chi connectivity index (χ1v) is 10.0. The topological polar surface area (TPSA) is 79.6 Å². The summed E-state index contributed by atoms with van der Waals surface area (Å²) in [7, 11) is 5.82. The summed E-state index contributed by atoms with van der Waals surface area (Å²) < 4.78 is 7.07. The molecule has 0 bridgehead atoms. The van der Waals surface area contributed by atoms with E-state index >= 15 is 0 Å². The van der Waals surface area contributed by atoms with E-state index in [-0.39, 0.29) is 24.0 Å². The quantitative estimate of drug-likeness (QED) is 0.204. The highest BCUT2D eigenvalue weighted by atomic mass is 127. The molecule has 158 valence electrons. The molecule has 2 heterocycles.